The zero-order valence-electron chi connectivity index (χ0n) is 9.77. The summed E-state index contributed by atoms with van der Waals surface area (Å²) in [7, 11) is 0. The number of hydrogen-bond donors (Lipinski definition) is 4. The second-order valence-corrected chi connectivity index (χ2v) is 6.04. The van der Waals surface area contributed by atoms with Gasteiger partial charge in [-0.15, -0.1) is 11.3 Å². The number of aromatic amines is 1. The number of nitrogens with two attached hydrogens (primary N) is 1. The Morgan fingerprint density at radius 3 is 3.00 bits per heavy atom. The predicted octanol–water partition coefficient (Wildman–Crippen LogP) is 1.89. The summed E-state index contributed by atoms with van der Waals surface area (Å²) in [6, 6.07) is 1.77. The van der Waals surface area contributed by atoms with Crippen molar-refractivity contribution >= 4 is 44.8 Å². The number of nitrogens with one attached hydrogen (secondary N) is 2. The van der Waals surface area contributed by atoms with Gasteiger partial charge in [-0.05, 0) is 34.5 Å². The monoisotopic (exact) mass is 343 g/mol. The molecule has 0 saturated carbocycles. The van der Waals surface area contributed by atoms with Crippen LogP contribution in [0.5, 0.6) is 0 Å². The number of H-pyrrole nitrogens is 1. The second kappa shape index (κ2) is 5.41. The first-order valence-corrected chi connectivity index (χ1v) is 6.72. The van der Waals surface area contributed by atoms with E-state index in [4.69, 9.17) is 10.9 Å². The Labute approximate surface area is 120 Å². The molecule has 0 aromatic carbocycles. The zero-order valence-corrected chi connectivity index (χ0v) is 12.2. The van der Waals surface area contributed by atoms with Gasteiger partial charge in [0.15, 0.2) is 5.84 Å². The van der Waals surface area contributed by atoms with Crippen LogP contribution in [0, 0.1) is 6.92 Å². The van der Waals surface area contributed by atoms with Crippen molar-refractivity contribution in [3.63, 3.8) is 0 Å². The van der Waals surface area contributed by atoms with E-state index in [1.54, 1.807) is 6.07 Å². The molecular formula is C10H10BrN5O2S. The highest BCUT2D eigenvalue weighted by Gasteiger charge is 2.16. The number of hydrogen-bond acceptors (Lipinski definition) is 5. The molecule has 2 aromatic rings. The third-order valence-corrected chi connectivity index (χ3v) is 4.48. The molecule has 2 aromatic heterocycles. The average molecular weight is 344 g/mol. The van der Waals surface area contributed by atoms with Gasteiger partial charge >= 0.3 is 0 Å². The molecule has 0 aliphatic carbocycles. The summed E-state index contributed by atoms with van der Waals surface area (Å²) in [6.45, 7) is 1.90. The summed E-state index contributed by atoms with van der Waals surface area (Å²) in [5.41, 5.74) is 6.77. The van der Waals surface area contributed by atoms with Crippen LogP contribution in [0.2, 0.25) is 0 Å². The topological polar surface area (TPSA) is 116 Å². The first-order chi connectivity index (χ1) is 9.02. The van der Waals surface area contributed by atoms with Gasteiger partial charge in [0.25, 0.3) is 5.91 Å². The first kappa shape index (κ1) is 13.6. The van der Waals surface area contributed by atoms with Crippen molar-refractivity contribution in [2.24, 2.45) is 10.9 Å². The molecule has 0 aliphatic heterocycles. The van der Waals surface area contributed by atoms with Crippen molar-refractivity contribution in [3.05, 3.63) is 32.1 Å². The zero-order chi connectivity index (χ0) is 14.0. The van der Waals surface area contributed by atoms with E-state index < -0.39 is 0 Å². The molecule has 5 N–H and O–H groups in total. The van der Waals surface area contributed by atoms with Gasteiger partial charge in [0.1, 0.15) is 5.82 Å². The molecule has 0 spiro atoms. The molecule has 0 unspecified atom stereocenters. The third-order valence-electron chi connectivity index (χ3n) is 2.34. The van der Waals surface area contributed by atoms with Gasteiger partial charge in [-0.2, -0.15) is 5.10 Å². The number of aromatic nitrogens is 2. The largest absolute Gasteiger partial charge is 0.409 e. The molecule has 0 bridgehead atoms. The minimum Gasteiger partial charge on any atom is -0.409 e. The summed E-state index contributed by atoms with van der Waals surface area (Å²) in [4.78, 5) is 12.6. The maximum absolute atomic E-state index is 12.0. The fourth-order valence-corrected chi connectivity index (χ4v) is 2.81. The molecule has 1 amide bonds. The number of anilines is 1. The van der Waals surface area contributed by atoms with E-state index in [0.717, 1.165) is 9.35 Å². The van der Waals surface area contributed by atoms with Gasteiger partial charge in [0.2, 0.25) is 0 Å². The fraction of sp³-hybridized carbons (Fsp3) is 0.100. The van der Waals surface area contributed by atoms with Crippen LogP contribution in [-0.2, 0) is 0 Å². The van der Waals surface area contributed by atoms with Crippen LogP contribution in [0.15, 0.2) is 21.2 Å². The molecule has 9 heteroatoms. The molecule has 100 valence electrons. The van der Waals surface area contributed by atoms with Crippen LogP contribution in [0.4, 0.5) is 5.82 Å². The van der Waals surface area contributed by atoms with E-state index >= 15 is 0 Å². The third kappa shape index (κ3) is 2.76. The number of aryl methyl sites for hydroxylation is 1. The molecule has 0 saturated heterocycles. The van der Waals surface area contributed by atoms with Crippen molar-refractivity contribution in [2.75, 3.05) is 5.32 Å². The lowest BCUT2D eigenvalue weighted by Crippen LogP contribution is -2.17. The van der Waals surface area contributed by atoms with Gasteiger partial charge in [0, 0.05) is 0 Å². The lowest BCUT2D eigenvalue weighted by molar-refractivity contribution is 0.103. The highest BCUT2D eigenvalue weighted by atomic mass is 79.9. The molecule has 0 radical (unpaired) electrons. The molecule has 19 heavy (non-hydrogen) atoms. The Morgan fingerprint density at radius 2 is 2.42 bits per heavy atom. The Morgan fingerprint density at radius 1 is 1.68 bits per heavy atom. The Kier molecular flexibility index (Phi) is 3.86. The van der Waals surface area contributed by atoms with Crippen molar-refractivity contribution in [2.45, 2.75) is 6.92 Å². The van der Waals surface area contributed by atoms with Gasteiger partial charge < -0.3 is 16.3 Å². The van der Waals surface area contributed by atoms with Crippen LogP contribution in [0.25, 0.3) is 0 Å². The maximum atomic E-state index is 12.0. The molecule has 7 nitrogen and oxygen atoms in total. The van der Waals surface area contributed by atoms with Gasteiger partial charge in [-0.3, -0.25) is 9.89 Å². The standard InChI is InChI=1S/C10H10BrN5O2S/c1-4-2-6(19-7(4)11)10(17)14-9-5(3-13-15-9)8(12)16-18/h2-3,18H,1H3,(H2,12,16)(H2,13,14,15,17). The number of carbonyl (C=O) groups excluding carboxylic acids is 1. The maximum Gasteiger partial charge on any atom is 0.266 e. The number of rotatable bonds is 3. The van der Waals surface area contributed by atoms with E-state index in [1.807, 2.05) is 6.92 Å². The lowest BCUT2D eigenvalue weighted by atomic mass is 10.3. The van der Waals surface area contributed by atoms with Crippen LogP contribution < -0.4 is 11.1 Å². The van der Waals surface area contributed by atoms with Crippen LogP contribution in [0.1, 0.15) is 20.8 Å². The predicted molar refractivity (Wildman–Crippen MR) is 75.8 cm³/mol. The van der Waals surface area contributed by atoms with Crippen molar-refractivity contribution < 1.29 is 10.0 Å². The summed E-state index contributed by atoms with van der Waals surface area (Å²) in [5, 5.41) is 20.4. The minimum atomic E-state index is -0.296. The molecule has 0 fully saturated rings. The van der Waals surface area contributed by atoms with Crippen LogP contribution in [0.3, 0.4) is 0 Å². The number of amidine groups is 1. The summed E-state index contributed by atoms with van der Waals surface area (Å²) in [5.74, 6) is -0.148. The number of thiophene rings is 1. The number of halogens is 1. The quantitative estimate of drug-likeness (QED) is 0.294. The smallest absolute Gasteiger partial charge is 0.266 e. The number of oxime groups is 1. The van der Waals surface area contributed by atoms with E-state index in [1.165, 1.54) is 17.5 Å². The van der Waals surface area contributed by atoms with Crippen molar-refractivity contribution in [1.29, 1.82) is 0 Å². The van der Waals surface area contributed by atoms with Crippen molar-refractivity contribution in [3.8, 4) is 0 Å². The highest BCUT2D eigenvalue weighted by molar-refractivity contribution is 9.11. The molecule has 2 rings (SSSR count). The van der Waals surface area contributed by atoms with Crippen LogP contribution >= 0.6 is 27.3 Å². The fourth-order valence-electron chi connectivity index (χ4n) is 1.38. The van der Waals surface area contributed by atoms with Gasteiger partial charge in [-0.1, -0.05) is 5.16 Å². The highest BCUT2D eigenvalue weighted by Crippen LogP contribution is 2.27. The van der Waals surface area contributed by atoms with Gasteiger partial charge in [0.05, 0.1) is 20.4 Å². The van der Waals surface area contributed by atoms with E-state index in [0.29, 0.717) is 10.4 Å². The normalized spacial score (nSPS) is 11.6. The molecule has 2 heterocycles. The summed E-state index contributed by atoms with van der Waals surface area (Å²) >= 11 is 4.68. The van der Waals surface area contributed by atoms with Crippen LogP contribution in [-0.4, -0.2) is 27.1 Å². The molecule has 0 atom stereocenters. The molecular weight excluding hydrogens is 334 g/mol. The summed E-state index contributed by atoms with van der Waals surface area (Å²) in [6.07, 6.45) is 1.36. The second-order valence-electron chi connectivity index (χ2n) is 3.67. The molecule has 0 aliphatic rings. The Hall–Kier alpha value is -1.87. The average Bonchev–Trinajstić information content (AvgIpc) is 2.96. The van der Waals surface area contributed by atoms with Gasteiger partial charge in [-0.25, -0.2) is 0 Å². The Balaban J connectivity index is 2.22. The van der Waals surface area contributed by atoms with E-state index in [9.17, 15) is 4.79 Å². The number of amides is 1. The lowest BCUT2D eigenvalue weighted by Gasteiger charge is -2.02. The Bertz CT molecular complexity index is 629. The minimum absolute atomic E-state index is 0.132. The number of carbonyl (C=O) groups is 1. The summed E-state index contributed by atoms with van der Waals surface area (Å²) < 4.78 is 0.902. The van der Waals surface area contributed by atoms with E-state index in [2.05, 4.69) is 36.6 Å². The number of nitrogens with zero attached hydrogens (tertiary/aromatic N) is 2. The SMILES string of the molecule is Cc1cc(C(=O)Nc2[nH]ncc2C(N)=NO)sc1Br. The van der Waals surface area contributed by atoms with E-state index in [-0.39, 0.29) is 17.6 Å². The van der Waals surface area contributed by atoms with Crippen molar-refractivity contribution in [1.82, 2.24) is 10.2 Å². The first-order valence-electron chi connectivity index (χ1n) is 5.11.